The number of hydrogen-bond donors (Lipinski definition) is 8. The second kappa shape index (κ2) is 21.6. The number of amides is 5. The van der Waals surface area contributed by atoms with Crippen molar-refractivity contribution in [2.75, 3.05) is 43.8 Å². The molecule has 0 aliphatic heterocycles. The first-order valence-corrected chi connectivity index (χ1v) is 18.7. The minimum absolute atomic E-state index is 0.207. The van der Waals surface area contributed by atoms with Gasteiger partial charge < -0.3 is 42.6 Å². The lowest BCUT2D eigenvalue weighted by Crippen LogP contribution is -2.27. The monoisotopic (exact) mass is 829 g/mol. The highest BCUT2D eigenvalue weighted by Crippen LogP contribution is 2.20. The number of hydrogen-bond acceptors (Lipinski definition) is 11. The number of benzene rings is 5. The Morgan fingerprint density at radius 1 is 0.541 bits per heavy atom. The lowest BCUT2D eigenvalue weighted by Gasteiger charge is -2.19. The van der Waals surface area contributed by atoms with Crippen LogP contribution in [0.5, 0.6) is 0 Å². The van der Waals surface area contributed by atoms with Crippen molar-refractivity contribution >= 4 is 75.4 Å². The zero-order valence-corrected chi connectivity index (χ0v) is 35.0. The maximum absolute atomic E-state index is 12.2. The number of para-hydroxylation sites is 1. The average Bonchev–Trinajstić information content (AvgIpc) is 3.16. The topological polar surface area (TPSA) is 266 Å². The van der Waals surface area contributed by atoms with Crippen LogP contribution in [0.15, 0.2) is 115 Å². The normalized spacial score (nSPS) is 10.4. The fourth-order valence-electron chi connectivity index (χ4n) is 4.86. The van der Waals surface area contributed by atoms with Crippen LogP contribution in [-0.4, -0.2) is 41.1 Å². The van der Waals surface area contributed by atoms with Gasteiger partial charge in [0, 0.05) is 52.3 Å². The van der Waals surface area contributed by atoms with Crippen molar-refractivity contribution in [1.82, 2.24) is 0 Å². The summed E-state index contributed by atoms with van der Waals surface area (Å²) in [4.78, 5) is 58.4. The second-order valence-corrected chi connectivity index (χ2v) is 15.1. The van der Waals surface area contributed by atoms with Gasteiger partial charge in [-0.25, -0.2) is 9.59 Å². The molecule has 0 aliphatic carbocycles. The van der Waals surface area contributed by atoms with E-state index in [1.54, 1.807) is 151 Å². The van der Waals surface area contributed by atoms with Crippen LogP contribution in [0.4, 0.5) is 55.1 Å². The van der Waals surface area contributed by atoms with Crippen molar-refractivity contribution in [2.24, 2.45) is 0 Å². The molecule has 0 heterocycles. The molecular formula is C45H51N9O7. The van der Waals surface area contributed by atoms with Crippen molar-refractivity contribution in [3.05, 3.63) is 132 Å². The molecule has 0 fully saturated rings. The van der Waals surface area contributed by atoms with Crippen LogP contribution in [0, 0.1) is 11.3 Å². The van der Waals surface area contributed by atoms with E-state index in [1.807, 2.05) is 6.07 Å². The number of nitrogen functional groups attached to an aromatic ring is 3. The van der Waals surface area contributed by atoms with Gasteiger partial charge in [0.15, 0.2) is 0 Å². The summed E-state index contributed by atoms with van der Waals surface area (Å²) in [6.07, 6.45) is -1.06. The number of rotatable bonds is 7. The van der Waals surface area contributed by atoms with Gasteiger partial charge in [-0.1, -0.05) is 18.2 Å². The lowest BCUT2D eigenvalue weighted by atomic mass is 10.1. The Kier molecular flexibility index (Phi) is 16.8. The molecule has 61 heavy (non-hydrogen) atoms. The Hall–Kier alpha value is -8.06. The molecule has 0 saturated carbocycles. The summed E-state index contributed by atoms with van der Waals surface area (Å²) in [5, 5.41) is 22.0. The van der Waals surface area contributed by atoms with Crippen LogP contribution in [-0.2, 0) is 14.3 Å². The first-order chi connectivity index (χ1) is 28.6. The lowest BCUT2D eigenvalue weighted by molar-refractivity contribution is -0.114. The number of nitrogens with two attached hydrogens (primary N) is 3. The molecule has 0 spiro atoms. The molecule has 0 aliphatic rings. The Balaban J connectivity index is 0.000000255. The van der Waals surface area contributed by atoms with Crippen LogP contribution in [0.25, 0.3) is 0 Å². The van der Waals surface area contributed by atoms with Gasteiger partial charge in [0.2, 0.25) is 5.91 Å². The number of nitrogens with zero attached hydrogens (tertiary/aromatic N) is 1. The summed E-state index contributed by atoms with van der Waals surface area (Å²) in [5.41, 5.74) is 21.3. The quantitative estimate of drug-likeness (QED) is 0.0718. The Labute approximate surface area is 354 Å². The maximum atomic E-state index is 12.2. The predicted octanol–water partition coefficient (Wildman–Crippen LogP) is 8.84. The predicted molar refractivity (Wildman–Crippen MR) is 240 cm³/mol. The van der Waals surface area contributed by atoms with Gasteiger partial charge in [-0.3, -0.25) is 25.0 Å². The molecule has 5 rings (SSSR count). The minimum atomic E-state index is -0.562. The molecule has 16 nitrogen and oxygen atoms in total. The van der Waals surface area contributed by atoms with Gasteiger partial charge in [0.25, 0.3) is 11.8 Å². The highest BCUT2D eigenvalue weighted by molar-refractivity contribution is 6.08. The molecule has 0 aromatic heterocycles. The largest absolute Gasteiger partial charge is 0.444 e. The number of nitrogens with one attached hydrogen (secondary N) is 5. The highest BCUT2D eigenvalue weighted by Gasteiger charge is 2.17. The van der Waals surface area contributed by atoms with Crippen molar-refractivity contribution in [3.63, 3.8) is 0 Å². The van der Waals surface area contributed by atoms with Crippen LogP contribution in [0.1, 0.15) is 74.7 Å². The molecule has 0 unspecified atom stereocenters. The van der Waals surface area contributed by atoms with Gasteiger partial charge >= 0.3 is 12.2 Å². The van der Waals surface area contributed by atoms with E-state index in [0.29, 0.717) is 62.2 Å². The van der Waals surface area contributed by atoms with Crippen LogP contribution < -0.4 is 43.8 Å². The maximum Gasteiger partial charge on any atom is 0.412 e. The fourth-order valence-corrected chi connectivity index (χ4v) is 4.86. The zero-order valence-electron chi connectivity index (χ0n) is 35.0. The molecule has 11 N–H and O–H groups in total. The first-order valence-electron chi connectivity index (χ1n) is 18.7. The minimum Gasteiger partial charge on any atom is -0.444 e. The van der Waals surface area contributed by atoms with E-state index >= 15 is 0 Å². The molecule has 0 bridgehead atoms. The number of carbonyl (C=O) groups excluding carboxylic acids is 5. The second-order valence-electron chi connectivity index (χ2n) is 15.1. The molecule has 16 heteroatoms. The van der Waals surface area contributed by atoms with Crippen LogP contribution in [0.2, 0.25) is 0 Å². The van der Waals surface area contributed by atoms with E-state index in [0.717, 1.165) is 0 Å². The molecule has 5 amide bonds. The van der Waals surface area contributed by atoms with Gasteiger partial charge in [-0.2, -0.15) is 5.26 Å². The third-order valence-electron chi connectivity index (χ3n) is 7.41. The molecular weight excluding hydrogens is 779 g/mol. The van der Waals surface area contributed by atoms with Gasteiger partial charge in [0.05, 0.1) is 16.8 Å². The molecule has 5 aromatic carbocycles. The summed E-state index contributed by atoms with van der Waals surface area (Å²) in [7, 11) is 0. The Morgan fingerprint density at radius 2 is 1.00 bits per heavy atom. The molecule has 0 radical (unpaired) electrons. The smallest absolute Gasteiger partial charge is 0.412 e. The number of carbonyl (C=O) groups is 5. The fraction of sp³-hybridized carbons (Fsp3) is 0.200. The summed E-state index contributed by atoms with van der Waals surface area (Å²) < 4.78 is 10.3. The first kappa shape index (κ1) is 47.3. The van der Waals surface area contributed by atoms with Gasteiger partial charge in [0.1, 0.15) is 17.3 Å². The number of nitriles is 1. The molecule has 0 saturated heterocycles. The summed E-state index contributed by atoms with van der Waals surface area (Å²) in [5.74, 6) is -0.752. The van der Waals surface area contributed by atoms with E-state index in [1.165, 1.54) is 13.0 Å². The van der Waals surface area contributed by atoms with Crippen molar-refractivity contribution in [3.8, 4) is 6.07 Å². The van der Waals surface area contributed by atoms with Crippen LogP contribution >= 0.6 is 0 Å². The van der Waals surface area contributed by atoms with Gasteiger partial charge in [-0.05, 0) is 139 Å². The zero-order chi connectivity index (χ0) is 45.3. The van der Waals surface area contributed by atoms with Gasteiger partial charge in [-0.15, -0.1) is 0 Å². The van der Waals surface area contributed by atoms with Crippen molar-refractivity contribution in [1.29, 1.82) is 5.26 Å². The average molecular weight is 830 g/mol. The van der Waals surface area contributed by atoms with Crippen molar-refractivity contribution in [2.45, 2.75) is 59.7 Å². The van der Waals surface area contributed by atoms with Crippen LogP contribution in [0.3, 0.4) is 0 Å². The third kappa shape index (κ3) is 17.5. The van der Waals surface area contributed by atoms with E-state index in [4.69, 9.17) is 31.9 Å². The van der Waals surface area contributed by atoms with Crippen molar-refractivity contribution < 1.29 is 33.4 Å². The Bertz CT molecular complexity index is 2360. The van der Waals surface area contributed by atoms with E-state index in [9.17, 15) is 24.0 Å². The number of ether oxygens (including phenoxy) is 2. The standard InChI is InChI=1S/2C18H21N3O3.C9H9N3O/c1-18(2,3)24-17(23)21-15-9-7-14(8-10-15)20-16(22)12-5-4-6-13(19)11-12;1-18(2,3)24-17(23)21-13-10-8-12(9-11-13)20-16(22)14-6-4-5-7-15(14)19;1-6(13)12-9-3-2-8(11)4-7(9)5-10/h2*4-11H,19H2,1-3H3,(H,20,22)(H,21,23);2-4H,11H2,1H3,(H,12,13). The molecule has 5 aromatic rings. The van der Waals surface area contributed by atoms with E-state index in [2.05, 4.69) is 26.6 Å². The SMILES string of the molecule is CC(=O)Nc1ccc(N)cc1C#N.CC(C)(C)OC(=O)Nc1ccc(NC(=O)c2cccc(N)c2)cc1.CC(C)(C)OC(=O)Nc1ccc(NC(=O)c2ccccc2N)cc1. The molecule has 0 atom stereocenters. The third-order valence-corrected chi connectivity index (χ3v) is 7.41. The highest BCUT2D eigenvalue weighted by atomic mass is 16.6. The summed E-state index contributed by atoms with van der Waals surface area (Å²) >= 11 is 0. The summed E-state index contributed by atoms with van der Waals surface area (Å²) in [6.45, 7) is 12.1. The van der Waals surface area contributed by atoms with E-state index in [-0.39, 0.29) is 17.7 Å². The summed E-state index contributed by atoms with van der Waals surface area (Å²) in [6, 6.07) is 33.7. The molecule has 318 valence electrons. The van der Waals surface area contributed by atoms with E-state index < -0.39 is 23.4 Å². The number of anilines is 8. The Morgan fingerprint density at radius 3 is 1.44 bits per heavy atom.